The predicted octanol–water partition coefficient (Wildman–Crippen LogP) is 4.50. The molecule has 5 heteroatoms. The molecule has 0 N–H and O–H groups in total. The van der Waals surface area contributed by atoms with Crippen LogP contribution < -0.4 is 4.90 Å². The molecule has 0 saturated heterocycles. The van der Waals surface area contributed by atoms with Crippen LogP contribution >= 0.6 is 22.9 Å². The highest BCUT2D eigenvalue weighted by atomic mass is 35.5. The maximum atomic E-state index is 6.08. The van der Waals surface area contributed by atoms with Gasteiger partial charge < -0.3 is 4.90 Å². The Hall–Kier alpha value is -0.870. The summed E-state index contributed by atoms with van der Waals surface area (Å²) in [6.45, 7) is 3.17. The van der Waals surface area contributed by atoms with Crippen molar-refractivity contribution >= 4 is 39.0 Å². The Balaban J connectivity index is 2.02. The molecule has 102 valence electrons. The van der Waals surface area contributed by atoms with Crippen LogP contribution in [0.4, 0.5) is 5.82 Å². The minimum Gasteiger partial charge on any atom is -0.353 e. The van der Waals surface area contributed by atoms with Crippen molar-refractivity contribution in [2.75, 3.05) is 11.4 Å². The number of hydrogen-bond acceptors (Lipinski definition) is 4. The zero-order valence-corrected chi connectivity index (χ0v) is 12.7. The molecule has 0 bridgehead atoms. The van der Waals surface area contributed by atoms with Gasteiger partial charge in [0, 0.05) is 12.6 Å². The molecule has 1 aliphatic rings. The van der Waals surface area contributed by atoms with Gasteiger partial charge in [0.25, 0.3) is 0 Å². The van der Waals surface area contributed by atoms with E-state index in [0.29, 0.717) is 11.3 Å². The van der Waals surface area contributed by atoms with E-state index in [0.717, 1.165) is 22.6 Å². The standard InChI is InChI=1S/C14H18ClN3S/c1-2-18(10-6-4-3-5-7-10)12-11-8-9-19-13(11)17-14(15)16-12/h8-10H,2-7H2,1H3. The number of rotatable bonds is 3. The maximum absolute atomic E-state index is 6.08. The fourth-order valence-electron chi connectivity index (χ4n) is 3.01. The minimum absolute atomic E-state index is 0.360. The number of anilines is 1. The van der Waals surface area contributed by atoms with E-state index in [4.69, 9.17) is 11.6 Å². The van der Waals surface area contributed by atoms with Crippen LogP contribution in [0.3, 0.4) is 0 Å². The molecule has 1 fully saturated rings. The number of thiophene rings is 1. The molecule has 2 heterocycles. The second-order valence-electron chi connectivity index (χ2n) is 5.03. The van der Waals surface area contributed by atoms with Crippen molar-refractivity contribution in [3.05, 3.63) is 16.7 Å². The van der Waals surface area contributed by atoms with Crippen LogP contribution in [0.25, 0.3) is 10.2 Å². The van der Waals surface area contributed by atoms with Gasteiger partial charge in [-0.2, -0.15) is 4.98 Å². The third kappa shape index (κ3) is 2.56. The van der Waals surface area contributed by atoms with Crippen LogP contribution in [0.1, 0.15) is 39.0 Å². The van der Waals surface area contributed by atoms with E-state index in [1.807, 2.05) is 0 Å². The Morgan fingerprint density at radius 2 is 2.11 bits per heavy atom. The first-order valence-corrected chi connectivity index (χ1v) is 8.22. The lowest BCUT2D eigenvalue weighted by atomic mass is 9.94. The molecule has 0 unspecified atom stereocenters. The Morgan fingerprint density at radius 3 is 2.84 bits per heavy atom. The normalized spacial score (nSPS) is 16.9. The molecule has 1 saturated carbocycles. The zero-order valence-electron chi connectivity index (χ0n) is 11.1. The number of fused-ring (bicyclic) bond motifs is 1. The van der Waals surface area contributed by atoms with Gasteiger partial charge in [0.2, 0.25) is 5.28 Å². The molecule has 19 heavy (non-hydrogen) atoms. The third-order valence-electron chi connectivity index (χ3n) is 3.91. The molecule has 1 aliphatic carbocycles. The van der Waals surface area contributed by atoms with Crippen molar-refractivity contribution in [3.8, 4) is 0 Å². The molecule has 0 atom stereocenters. The molecule has 0 amide bonds. The lowest BCUT2D eigenvalue weighted by Crippen LogP contribution is -2.37. The summed E-state index contributed by atoms with van der Waals surface area (Å²) in [5.74, 6) is 1.02. The Bertz CT molecular complexity index is 563. The monoisotopic (exact) mass is 295 g/mol. The number of halogens is 1. The first kappa shape index (κ1) is 13.1. The summed E-state index contributed by atoms with van der Waals surface area (Å²) in [5, 5.41) is 3.56. The van der Waals surface area contributed by atoms with E-state index in [2.05, 4.69) is 33.2 Å². The second-order valence-corrected chi connectivity index (χ2v) is 6.27. The molecule has 0 aliphatic heterocycles. The molecular formula is C14H18ClN3S. The van der Waals surface area contributed by atoms with E-state index in [9.17, 15) is 0 Å². The van der Waals surface area contributed by atoms with Crippen LogP contribution in [-0.4, -0.2) is 22.6 Å². The van der Waals surface area contributed by atoms with Crippen molar-refractivity contribution in [3.63, 3.8) is 0 Å². The van der Waals surface area contributed by atoms with Crippen molar-refractivity contribution in [2.45, 2.75) is 45.1 Å². The van der Waals surface area contributed by atoms with Crippen LogP contribution in [-0.2, 0) is 0 Å². The summed E-state index contributed by atoms with van der Waals surface area (Å²) >= 11 is 7.71. The van der Waals surface area contributed by atoms with Crippen molar-refractivity contribution < 1.29 is 0 Å². The summed E-state index contributed by atoms with van der Waals surface area (Å²) in [6, 6.07) is 2.71. The second kappa shape index (κ2) is 5.63. The van der Waals surface area contributed by atoms with E-state index in [-0.39, 0.29) is 0 Å². The Kier molecular flexibility index (Phi) is 3.89. The van der Waals surface area contributed by atoms with Gasteiger partial charge in [-0.1, -0.05) is 19.3 Å². The van der Waals surface area contributed by atoms with Gasteiger partial charge in [-0.05, 0) is 42.8 Å². The average Bonchev–Trinajstić information content (AvgIpc) is 2.89. The summed E-state index contributed by atoms with van der Waals surface area (Å²) in [4.78, 5) is 12.2. The fourth-order valence-corrected chi connectivity index (χ4v) is 3.98. The van der Waals surface area contributed by atoms with Crippen molar-refractivity contribution in [2.24, 2.45) is 0 Å². The van der Waals surface area contributed by atoms with Gasteiger partial charge in [0.1, 0.15) is 10.6 Å². The highest BCUT2D eigenvalue weighted by Crippen LogP contribution is 2.33. The number of nitrogens with zero attached hydrogens (tertiary/aromatic N) is 3. The highest BCUT2D eigenvalue weighted by molar-refractivity contribution is 7.16. The Labute approximate surface area is 122 Å². The lowest BCUT2D eigenvalue weighted by molar-refractivity contribution is 0.417. The molecule has 0 radical (unpaired) electrons. The minimum atomic E-state index is 0.360. The van der Waals surface area contributed by atoms with Crippen molar-refractivity contribution in [1.82, 2.24) is 9.97 Å². The molecular weight excluding hydrogens is 278 g/mol. The van der Waals surface area contributed by atoms with E-state index in [1.165, 1.54) is 32.1 Å². The quantitative estimate of drug-likeness (QED) is 0.781. The third-order valence-corrected chi connectivity index (χ3v) is 4.88. The topological polar surface area (TPSA) is 29.0 Å². The van der Waals surface area contributed by atoms with Gasteiger partial charge in [0.05, 0.1) is 5.39 Å². The fraction of sp³-hybridized carbons (Fsp3) is 0.571. The van der Waals surface area contributed by atoms with Crippen LogP contribution in [0.15, 0.2) is 11.4 Å². The maximum Gasteiger partial charge on any atom is 0.225 e. The summed E-state index contributed by atoms with van der Waals surface area (Å²) in [7, 11) is 0. The summed E-state index contributed by atoms with van der Waals surface area (Å²) in [6.07, 6.45) is 6.55. The lowest BCUT2D eigenvalue weighted by Gasteiger charge is -2.34. The van der Waals surface area contributed by atoms with Gasteiger partial charge in [0.15, 0.2) is 0 Å². The molecule has 0 aromatic carbocycles. The Morgan fingerprint density at radius 1 is 1.32 bits per heavy atom. The van der Waals surface area contributed by atoms with Crippen LogP contribution in [0.2, 0.25) is 5.28 Å². The summed E-state index contributed by atoms with van der Waals surface area (Å²) < 4.78 is 0. The highest BCUT2D eigenvalue weighted by Gasteiger charge is 2.23. The molecule has 3 nitrogen and oxygen atoms in total. The number of hydrogen-bond donors (Lipinski definition) is 0. The van der Waals surface area contributed by atoms with E-state index < -0.39 is 0 Å². The van der Waals surface area contributed by atoms with Crippen LogP contribution in [0, 0.1) is 0 Å². The zero-order chi connectivity index (χ0) is 13.2. The first-order valence-electron chi connectivity index (χ1n) is 6.97. The van der Waals surface area contributed by atoms with Gasteiger partial charge >= 0.3 is 0 Å². The summed E-state index contributed by atoms with van der Waals surface area (Å²) in [5.41, 5.74) is 0. The van der Waals surface area contributed by atoms with Crippen molar-refractivity contribution in [1.29, 1.82) is 0 Å². The van der Waals surface area contributed by atoms with E-state index >= 15 is 0 Å². The molecule has 3 rings (SSSR count). The first-order chi connectivity index (χ1) is 9.29. The molecule has 2 aromatic rings. The van der Waals surface area contributed by atoms with E-state index in [1.54, 1.807) is 11.3 Å². The average molecular weight is 296 g/mol. The van der Waals surface area contributed by atoms with Gasteiger partial charge in [-0.25, -0.2) is 4.98 Å². The van der Waals surface area contributed by atoms with Gasteiger partial charge in [-0.3, -0.25) is 0 Å². The predicted molar refractivity (Wildman–Crippen MR) is 82.3 cm³/mol. The molecule has 0 spiro atoms. The van der Waals surface area contributed by atoms with Gasteiger partial charge in [-0.15, -0.1) is 11.3 Å². The molecule has 2 aromatic heterocycles. The SMILES string of the molecule is CCN(c1nc(Cl)nc2sccc12)C1CCCCC1. The number of aromatic nitrogens is 2. The largest absolute Gasteiger partial charge is 0.353 e. The van der Waals surface area contributed by atoms with Crippen LogP contribution in [0.5, 0.6) is 0 Å². The smallest absolute Gasteiger partial charge is 0.225 e.